The molecule has 1 aromatic heterocycles. The zero-order valence-corrected chi connectivity index (χ0v) is 17.7. The van der Waals surface area contributed by atoms with E-state index in [1.807, 2.05) is 12.1 Å². The van der Waals surface area contributed by atoms with Gasteiger partial charge >= 0.3 is 5.69 Å². The maximum Gasteiger partial charge on any atom is 0.346 e. The molecule has 0 aliphatic heterocycles. The summed E-state index contributed by atoms with van der Waals surface area (Å²) in [6.45, 7) is -0.0821. The second kappa shape index (κ2) is 8.34. The summed E-state index contributed by atoms with van der Waals surface area (Å²) in [6.07, 6.45) is 2.51. The summed E-state index contributed by atoms with van der Waals surface area (Å²) in [5.74, 6) is 0.460. The lowest BCUT2D eigenvalue weighted by Gasteiger charge is -2.06. The predicted octanol–water partition coefficient (Wildman–Crippen LogP) is 5.21. The molecule has 1 fully saturated rings. The summed E-state index contributed by atoms with van der Waals surface area (Å²) in [6, 6.07) is 12.6. The van der Waals surface area contributed by atoms with E-state index in [2.05, 4.69) is 5.10 Å². The van der Waals surface area contributed by atoms with E-state index < -0.39 is 0 Å². The van der Waals surface area contributed by atoms with E-state index in [0.717, 1.165) is 24.0 Å². The Balaban J connectivity index is 1.54. The lowest BCUT2D eigenvalue weighted by molar-refractivity contribution is -0.119. The molecule has 1 aliphatic rings. The molecule has 29 heavy (non-hydrogen) atoms. The highest BCUT2D eigenvalue weighted by Crippen LogP contribution is 2.36. The van der Waals surface area contributed by atoms with E-state index >= 15 is 0 Å². The van der Waals surface area contributed by atoms with Crippen molar-refractivity contribution in [3.63, 3.8) is 0 Å². The van der Waals surface area contributed by atoms with Crippen molar-refractivity contribution in [2.75, 3.05) is 0 Å². The monoisotopic (exact) mass is 449 g/mol. The van der Waals surface area contributed by atoms with Crippen LogP contribution in [0.4, 0.5) is 0 Å². The van der Waals surface area contributed by atoms with Gasteiger partial charge in [0.15, 0.2) is 11.6 Å². The number of hydrogen-bond acceptors (Lipinski definition) is 3. The van der Waals surface area contributed by atoms with Crippen molar-refractivity contribution >= 4 is 40.6 Å². The SMILES string of the molecule is O=C(CCc1c(Cl)cccc1Cl)Cn1nc(-c2ccc(Cl)cc2)n(C2CC2)c1=O. The van der Waals surface area contributed by atoms with Crippen LogP contribution in [0.2, 0.25) is 15.1 Å². The first kappa shape index (κ1) is 20.2. The number of benzene rings is 2. The zero-order valence-electron chi connectivity index (χ0n) is 15.4. The third kappa shape index (κ3) is 4.42. The predicted molar refractivity (Wildman–Crippen MR) is 115 cm³/mol. The Morgan fingerprint density at radius 2 is 1.69 bits per heavy atom. The fourth-order valence-corrected chi connectivity index (χ4v) is 3.97. The molecule has 150 valence electrons. The number of hydrogen-bond donors (Lipinski definition) is 0. The van der Waals surface area contributed by atoms with Crippen LogP contribution in [0.1, 0.15) is 30.9 Å². The van der Waals surface area contributed by atoms with Gasteiger partial charge in [0, 0.05) is 33.1 Å². The molecule has 2 aromatic carbocycles. The summed E-state index contributed by atoms with van der Waals surface area (Å²) >= 11 is 18.3. The van der Waals surface area contributed by atoms with Crippen molar-refractivity contribution < 1.29 is 4.79 Å². The summed E-state index contributed by atoms with van der Waals surface area (Å²) < 4.78 is 2.93. The number of carbonyl (C=O) groups excluding carboxylic acids is 1. The largest absolute Gasteiger partial charge is 0.346 e. The van der Waals surface area contributed by atoms with Crippen LogP contribution in [-0.2, 0) is 17.8 Å². The average Bonchev–Trinajstić information content (AvgIpc) is 3.47. The highest BCUT2D eigenvalue weighted by Gasteiger charge is 2.30. The molecule has 0 N–H and O–H groups in total. The van der Waals surface area contributed by atoms with E-state index in [9.17, 15) is 9.59 Å². The third-order valence-corrected chi connectivity index (χ3v) is 5.89. The Labute approximate surface area is 182 Å². The summed E-state index contributed by atoms with van der Waals surface area (Å²) in [4.78, 5) is 25.4. The van der Waals surface area contributed by atoms with Gasteiger partial charge in [-0.2, -0.15) is 0 Å². The maximum atomic E-state index is 12.9. The molecule has 0 unspecified atom stereocenters. The van der Waals surface area contributed by atoms with Crippen molar-refractivity contribution in [2.45, 2.75) is 38.3 Å². The van der Waals surface area contributed by atoms with Gasteiger partial charge in [-0.1, -0.05) is 40.9 Å². The van der Waals surface area contributed by atoms with Crippen LogP contribution < -0.4 is 5.69 Å². The molecule has 0 bridgehead atoms. The quantitative estimate of drug-likeness (QED) is 0.496. The van der Waals surface area contributed by atoms with Gasteiger partial charge in [0.25, 0.3) is 0 Å². The Bertz CT molecular complexity index is 1090. The van der Waals surface area contributed by atoms with Crippen LogP contribution in [0.25, 0.3) is 11.4 Å². The maximum absolute atomic E-state index is 12.9. The van der Waals surface area contributed by atoms with E-state index in [1.54, 1.807) is 34.9 Å². The van der Waals surface area contributed by atoms with Crippen molar-refractivity contribution in [1.82, 2.24) is 14.3 Å². The molecule has 3 aromatic rings. The highest BCUT2D eigenvalue weighted by molar-refractivity contribution is 6.36. The Hall–Kier alpha value is -2.08. The normalized spacial score (nSPS) is 13.6. The van der Waals surface area contributed by atoms with E-state index in [4.69, 9.17) is 34.8 Å². The standard InChI is InChI=1S/C21H18Cl3N3O2/c22-14-6-4-13(5-7-14)20-25-26(21(29)27(20)15-8-9-15)12-16(28)10-11-17-18(23)2-1-3-19(17)24/h1-7,15H,8-12H2. The second-order valence-electron chi connectivity index (χ2n) is 7.11. The molecule has 1 heterocycles. The van der Waals surface area contributed by atoms with Crippen molar-refractivity contribution in [2.24, 2.45) is 0 Å². The molecular weight excluding hydrogens is 433 g/mol. The van der Waals surface area contributed by atoms with E-state index in [0.29, 0.717) is 27.3 Å². The number of rotatable bonds is 7. The number of halogens is 3. The molecule has 1 aliphatic carbocycles. The van der Waals surface area contributed by atoms with Crippen molar-refractivity contribution in [3.05, 3.63) is 73.6 Å². The number of carbonyl (C=O) groups is 1. The summed E-state index contributed by atoms with van der Waals surface area (Å²) in [5.41, 5.74) is 1.27. The molecule has 0 spiro atoms. The van der Waals surface area contributed by atoms with Crippen LogP contribution in [0.15, 0.2) is 47.3 Å². The molecule has 0 amide bonds. The van der Waals surface area contributed by atoms with Gasteiger partial charge in [0.05, 0.1) is 0 Å². The van der Waals surface area contributed by atoms with Gasteiger partial charge in [-0.25, -0.2) is 9.48 Å². The first-order chi connectivity index (χ1) is 13.9. The second-order valence-corrected chi connectivity index (χ2v) is 8.36. The lowest BCUT2D eigenvalue weighted by Crippen LogP contribution is -2.27. The number of ketones is 1. The Morgan fingerprint density at radius 1 is 1.03 bits per heavy atom. The van der Waals surface area contributed by atoms with Crippen molar-refractivity contribution in [3.8, 4) is 11.4 Å². The number of aromatic nitrogens is 3. The Kier molecular flexibility index (Phi) is 5.81. The van der Waals surface area contributed by atoms with Crippen LogP contribution in [-0.4, -0.2) is 20.1 Å². The summed E-state index contributed by atoms with van der Waals surface area (Å²) in [7, 11) is 0. The van der Waals surface area contributed by atoms with E-state index in [1.165, 1.54) is 4.68 Å². The van der Waals surface area contributed by atoms with Crippen LogP contribution in [0.3, 0.4) is 0 Å². The topological polar surface area (TPSA) is 56.9 Å². The first-order valence-electron chi connectivity index (χ1n) is 9.34. The Morgan fingerprint density at radius 3 is 2.31 bits per heavy atom. The van der Waals surface area contributed by atoms with Crippen LogP contribution in [0, 0.1) is 0 Å². The molecule has 4 rings (SSSR count). The lowest BCUT2D eigenvalue weighted by atomic mass is 10.1. The molecule has 0 saturated heterocycles. The minimum atomic E-state index is -0.262. The number of nitrogens with zero attached hydrogens (tertiary/aromatic N) is 3. The molecule has 1 saturated carbocycles. The smallest absolute Gasteiger partial charge is 0.298 e. The molecule has 8 heteroatoms. The van der Waals surface area contributed by atoms with Gasteiger partial charge in [0.2, 0.25) is 0 Å². The van der Waals surface area contributed by atoms with Gasteiger partial charge in [0.1, 0.15) is 6.54 Å². The van der Waals surface area contributed by atoms with Crippen LogP contribution >= 0.6 is 34.8 Å². The minimum absolute atomic E-state index is 0.0821. The first-order valence-corrected chi connectivity index (χ1v) is 10.5. The van der Waals surface area contributed by atoms with Gasteiger partial charge in [-0.3, -0.25) is 9.36 Å². The summed E-state index contributed by atoms with van der Waals surface area (Å²) in [5, 5.41) is 6.13. The van der Waals surface area contributed by atoms with E-state index in [-0.39, 0.29) is 30.5 Å². The fourth-order valence-electron chi connectivity index (χ4n) is 3.26. The molecule has 0 radical (unpaired) electrons. The van der Waals surface area contributed by atoms with Gasteiger partial charge in [-0.05, 0) is 61.2 Å². The molecule has 0 atom stereocenters. The molecule has 5 nitrogen and oxygen atoms in total. The zero-order chi connectivity index (χ0) is 20.5. The molecular formula is C21H18Cl3N3O2. The third-order valence-electron chi connectivity index (χ3n) is 4.93. The number of Topliss-reactive ketones (excluding diaryl/α,β-unsaturated/α-hetero) is 1. The van der Waals surface area contributed by atoms with Crippen molar-refractivity contribution in [1.29, 1.82) is 0 Å². The highest BCUT2D eigenvalue weighted by atomic mass is 35.5. The van der Waals surface area contributed by atoms with Gasteiger partial charge < -0.3 is 0 Å². The fraction of sp³-hybridized carbons (Fsp3) is 0.286. The average molecular weight is 451 g/mol. The van der Waals surface area contributed by atoms with Crippen LogP contribution in [0.5, 0.6) is 0 Å². The minimum Gasteiger partial charge on any atom is -0.298 e. The van der Waals surface area contributed by atoms with Gasteiger partial charge in [-0.15, -0.1) is 5.10 Å².